The maximum absolute atomic E-state index is 11.8. The highest BCUT2D eigenvalue weighted by Crippen LogP contribution is 2.13. The number of hydrogen-bond donors (Lipinski definition) is 2. The Morgan fingerprint density at radius 1 is 1.53 bits per heavy atom. The first kappa shape index (κ1) is 14.1. The maximum atomic E-state index is 11.8. The fourth-order valence-electron chi connectivity index (χ4n) is 1.30. The van der Waals surface area contributed by atoms with Crippen LogP contribution in [-0.2, 0) is 5.75 Å². The van der Waals surface area contributed by atoms with Gasteiger partial charge in [-0.15, -0.1) is 0 Å². The van der Waals surface area contributed by atoms with E-state index in [1.165, 1.54) is 0 Å². The van der Waals surface area contributed by atoms with Gasteiger partial charge in [-0.3, -0.25) is 4.79 Å². The summed E-state index contributed by atoms with van der Waals surface area (Å²) in [7, 11) is 0. The molecule has 0 aliphatic rings. The van der Waals surface area contributed by atoms with Gasteiger partial charge in [-0.25, -0.2) is 0 Å². The van der Waals surface area contributed by atoms with Crippen molar-refractivity contribution in [3.8, 4) is 0 Å². The molecule has 4 nitrogen and oxygen atoms in total. The molecule has 0 saturated carbocycles. The molecule has 0 aromatic carbocycles. The van der Waals surface area contributed by atoms with Gasteiger partial charge in [0.2, 0.25) is 0 Å². The van der Waals surface area contributed by atoms with Gasteiger partial charge in [-0.05, 0) is 31.2 Å². The lowest BCUT2D eigenvalue weighted by molar-refractivity contribution is 0.0887. The first-order valence-corrected chi connectivity index (χ1v) is 6.97. The van der Waals surface area contributed by atoms with E-state index in [2.05, 4.69) is 5.32 Å². The second kappa shape index (κ2) is 6.71. The summed E-state index contributed by atoms with van der Waals surface area (Å²) in [5.41, 5.74) is 0. The Morgan fingerprint density at radius 3 is 2.82 bits per heavy atom. The highest BCUT2D eigenvalue weighted by atomic mass is 32.2. The molecule has 0 radical (unpaired) electrons. The van der Waals surface area contributed by atoms with Crippen molar-refractivity contribution in [3.63, 3.8) is 0 Å². The number of nitrogens with one attached hydrogen (secondary N) is 1. The van der Waals surface area contributed by atoms with E-state index < -0.39 is 0 Å². The molecule has 1 amide bonds. The van der Waals surface area contributed by atoms with Crippen molar-refractivity contribution < 1.29 is 14.3 Å². The van der Waals surface area contributed by atoms with E-state index in [1.54, 1.807) is 17.8 Å². The quantitative estimate of drug-likeness (QED) is 0.817. The van der Waals surface area contributed by atoms with Crippen LogP contribution in [-0.4, -0.2) is 29.9 Å². The van der Waals surface area contributed by atoms with E-state index >= 15 is 0 Å². The second-order valence-corrected chi connectivity index (χ2v) is 4.99. The van der Waals surface area contributed by atoms with Crippen molar-refractivity contribution in [2.75, 3.05) is 12.9 Å². The number of furan rings is 1. The summed E-state index contributed by atoms with van der Waals surface area (Å²) in [6.45, 7) is 3.80. The summed E-state index contributed by atoms with van der Waals surface area (Å²) in [5, 5.41) is 11.8. The van der Waals surface area contributed by atoms with Crippen LogP contribution in [0, 0.1) is 5.92 Å². The monoisotopic (exact) mass is 257 g/mol. The minimum Gasteiger partial charge on any atom is -0.455 e. The van der Waals surface area contributed by atoms with Crippen molar-refractivity contribution in [1.82, 2.24) is 5.32 Å². The first-order valence-electron chi connectivity index (χ1n) is 5.57. The van der Waals surface area contributed by atoms with Crippen LogP contribution >= 0.6 is 11.8 Å². The van der Waals surface area contributed by atoms with Crippen molar-refractivity contribution in [3.05, 3.63) is 23.7 Å². The molecule has 1 aromatic rings. The largest absolute Gasteiger partial charge is 0.455 e. The molecule has 2 unspecified atom stereocenters. The zero-order chi connectivity index (χ0) is 12.8. The number of rotatable bonds is 6. The lowest BCUT2D eigenvalue weighted by Gasteiger charge is -2.18. The number of aliphatic hydroxyl groups excluding tert-OH is 1. The Kier molecular flexibility index (Phi) is 5.58. The van der Waals surface area contributed by atoms with E-state index in [1.807, 2.05) is 26.2 Å². The van der Waals surface area contributed by atoms with Crippen LogP contribution in [0.2, 0.25) is 0 Å². The van der Waals surface area contributed by atoms with Gasteiger partial charge in [0.05, 0.1) is 5.75 Å². The van der Waals surface area contributed by atoms with Crippen LogP contribution in [0.25, 0.3) is 0 Å². The van der Waals surface area contributed by atoms with Crippen LogP contribution in [0.5, 0.6) is 0 Å². The molecule has 2 N–H and O–H groups in total. The van der Waals surface area contributed by atoms with E-state index in [-0.39, 0.29) is 24.5 Å². The predicted molar refractivity (Wildman–Crippen MR) is 69.1 cm³/mol. The summed E-state index contributed by atoms with van der Waals surface area (Å²) in [6.07, 6.45) is 1.98. The Morgan fingerprint density at radius 2 is 2.24 bits per heavy atom. The third kappa shape index (κ3) is 4.09. The molecular formula is C12H19NO3S. The average molecular weight is 257 g/mol. The Labute approximate surface area is 106 Å². The summed E-state index contributed by atoms with van der Waals surface area (Å²) < 4.78 is 5.40. The molecule has 0 aliphatic heterocycles. The molecule has 0 bridgehead atoms. The van der Waals surface area contributed by atoms with Crippen molar-refractivity contribution in [2.24, 2.45) is 5.92 Å². The summed E-state index contributed by atoms with van der Waals surface area (Å²) in [5.74, 6) is 1.68. The van der Waals surface area contributed by atoms with Gasteiger partial charge in [0, 0.05) is 12.6 Å². The second-order valence-electron chi connectivity index (χ2n) is 4.12. The van der Waals surface area contributed by atoms with Gasteiger partial charge in [0.15, 0.2) is 5.76 Å². The molecule has 96 valence electrons. The van der Waals surface area contributed by atoms with Gasteiger partial charge in [-0.1, -0.05) is 6.92 Å². The number of thioether (sulfide) groups is 1. The predicted octanol–water partition coefficient (Wildman–Crippen LogP) is 1.89. The lowest BCUT2D eigenvalue weighted by Crippen LogP contribution is -2.38. The van der Waals surface area contributed by atoms with Crippen LogP contribution in [0.4, 0.5) is 0 Å². The Balaban J connectivity index is 2.57. The van der Waals surface area contributed by atoms with Gasteiger partial charge < -0.3 is 14.8 Å². The molecule has 2 atom stereocenters. The van der Waals surface area contributed by atoms with E-state index in [9.17, 15) is 4.79 Å². The molecule has 1 aromatic heterocycles. The zero-order valence-corrected chi connectivity index (χ0v) is 11.2. The van der Waals surface area contributed by atoms with E-state index in [0.29, 0.717) is 5.76 Å². The summed E-state index contributed by atoms with van der Waals surface area (Å²) in [4.78, 5) is 11.8. The zero-order valence-electron chi connectivity index (χ0n) is 10.4. The third-order valence-electron chi connectivity index (χ3n) is 2.67. The molecule has 1 heterocycles. The fourth-order valence-corrected chi connectivity index (χ4v) is 1.74. The lowest BCUT2D eigenvalue weighted by atomic mass is 10.1. The Bertz CT molecular complexity index is 364. The number of aliphatic hydroxyl groups is 1. The van der Waals surface area contributed by atoms with Gasteiger partial charge in [0.1, 0.15) is 5.76 Å². The van der Waals surface area contributed by atoms with Crippen molar-refractivity contribution >= 4 is 17.7 Å². The maximum Gasteiger partial charge on any atom is 0.287 e. The van der Waals surface area contributed by atoms with Gasteiger partial charge in [-0.2, -0.15) is 11.8 Å². The molecule has 5 heteroatoms. The molecule has 0 saturated heterocycles. The molecule has 0 fully saturated rings. The highest BCUT2D eigenvalue weighted by Gasteiger charge is 2.17. The third-order valence-corrected chi connectivity index (χ3v) is 3.25. The number of hydrogen-bond acceptors (Lipinski definition) is 4. The minimum atomic E-state index is -0.231. The molecular weight excluding hydrogens is 238 g/mol. The SMILES string of the molecule is CSCc1ccc(C(=O)NC(C)C(C)CO)o1. The first-order chi connectivity index (χ1) is 8.08. The summed E-state index contributed by atoms with van der Waals surface area (Å²) in [6, 6.07) is 3.41. The van der Waals surface area contributed by atoms with Crippen LogP contribution in [0.3, 0.4) is 0 Å². The van der Waals surface area contributed by atoms with Crippen LogP contribution in [0.15, 0.2) is 16.5 Å². The van der Waals surface area contributed by atoms with E-state index in [4.69, 9.17) is 9.52 Å². The molecule has 0 aliphatic carbocycles. The van der Waals surface area contributed by atoms with Crippen LogP contribution < -0.4 is 5.32 Å². The topological polar surface area (TPSA) is 62.5 Å². The molecule has 0 spiro atoms. The summed E-state index contributed by atoms with van der Waals surface area (Å²) >= 11 is 1.64. The Hall–Kier alpha value is -0.940. The normalized spacial score (nSPS) is 14.4. The molecule has 1 rings (SSSR count). The fraction of sp³-hybridized carbons (Fsp3) is 0.583. The van der Waals surface area contributed by atoms with Gasteiger partial charge in [0.25, 0.3) is 5.91 Å². The minimum absolute atomic E-state index is 0.0274. The van der Waals surface area contributed by atoms with Crippen molar-refractivity contribution in [1.29, 1.82) is 0 Å². The standard InChI is InChI=1S/C12H19NO3S/c1-8(6-14)9(2)13-12(15)11-5-4-10(16-11)7-17-3/h4-5,8-9,14H,6-7H2,1-3H3,(H,13,15). The van der Waals surface area contributed by atoms with E-state index in [0.717, 1.165) is 11.5 Å². The van der Waals surface area contributed by atoms with Crippen molar-refractivity contribution in [2.45, 2.75) is 25.6 Å². The average Bonchev–Trinajstić information content (AvgIpc) is 2.77. The van der Waals surface area contributed by atoms with Gasteiger partial charge >= 0.3 is 0 Å². The highest BCUT2D eigenvalue weighted by molar-refractivity contribution is 7.97. The number of amides is 1. The smallest absolute Gasteiger partial charge is 0.287 e. The number of carbonyl (C=O) groups excluding carboxylic acids is 1. The van der Waals surface area contributed by atoms with Crippen LogP contribution in [0.1, 0.15) is 30.2 Å². The molecule has 17 heavy (non-hydrogen) atoms. The number of carbonyl (C=O) groups is 1.